The van der Waals surface area contributed by atoms with Crippen LogP contribution in [0.4, 0.5) is 4.79 Å². The second-order valence-electron chi connectivity index (χ2n) is 8.03. The van der Waals surface area contributed by atoms with Crippen molar-refractivity contribution in [3.63, 3.8) is 0 Å². The van der Waals surface area contributed by atoms with E-state index in [0.717, 1.165) is 11.8 Å². The quantitative estimate of drug-likeness (QED) is 0.388. The average molecular weight is 497 g/mol. The highest BCUT2D eigenvalue weighted by Crippen LogP contribution is 2.28. The number of methoxy groups -OCH3 is 1. The van der Waals surface area contributed by atoms with Crippen molar-refractivity contribution < 1.29 is 32.3 Å². The molecule has 4 rings (SSSR count). The summed E-state index contributed by atoms with van der Waals surface area (Å²) >= 11 is 0. The average Bonchev–Trinajstić information content (AvgIpc) is 3.26. The van der Waals surface area contributed by atoms with Gasteiger partial charge < -0.3 is 15.0 Å². The number of urea groups is 1. The van der Waals surface area contributed by atoms with Crippen LogP contribution in [-0.4, -0.2) is 62.5 Å². The highest BCUT2D eigenvalue weighted by atomic mass is 32.2. The van der Waals surface area contributed by atoms with Crippen molar-refractivity contribution in [2.24, 2.45) is 0 Å². The van der Waals surface area contributed by atoms with Crippen LogP contribution in [0.2, 0.25) is 0 Å². The Labute approximate surface area is 200 Å². The van der Waals surface area contributed by atoms with E-state index in [0.29, 0.717) is 16.9 Å². The lowest BCUT2D eigenvalue weighted by molar-refractivity contribution is -0.122. The Morgan fingerprint density at radius 2 is 1.89 bits per heavy atom. The van der Waals surface area contributed by atoms with Crippen molar-refractivity contribution in [3.8, 4) is 17.6 Å². The zero-order valence-electron chi connectivity index (χ0n) is 18.7. The highest BCUT2D eigenvalue weighted by molar-refractivity contribution is 7.89. The van der Waals surface area contributed by atoms with Crippen LogP contribution in [0.1, 0.15) is 31.8 Å². The van der Waals surface area contributed by atoms with E-state index in [1.54, 1.807) is 18.2 Å². The second-order valence-corrected chi connectivity index (χ2v) is 9.78. The number of fused-ring (bicyclic) bond motifs is 1. The van der Waals surface area contributed by atoms with E-state index in [4.69, 9.17) is 4.74 Å². The van der Waals surface area contributed by atoms with Crippen LogP contribution in [0, 0.1) is 11.8 Å². The van der Waals surface area contributed by atoms with Crippen LogP contribution in [0.3, 0.4) is 0 Å². The molecular weight excluding hydrogens is 476 g/mol. The fourth-order valence-corrected chi connectivity index (χ4v) is 4.18. The monoisotopic (exact) mass is 496 g/mol. The van der Waals surface area contributed by atoms with Gasteiger partial charge in [0, 0.05) is 23.2 Å². The molecule has 0 radical (unpaired) electrons. The molecule has 0 bridgehead atoms. The van der Waals surface area contributed by atoms with Gasteiger partial charge in [0.15, 0.2) is 0 Å². The molecule has 0 aromatic heterocycles. The zero-order valence-corrected chi connectivity index (χ0v) is 19.5. The molecule has 5 amide bonds. The van der Waals surface area contributed by atoms with Crippen LogP contribution in [-0.2, 0) is 21.4 Å². The van der Waals surface area contributed by atoms with E-state index in [2.05, 4.69) is 22.5 Å². The third kappa shape index (κ3) is 4.95. The van der Waals surface area contributed by atoms with Crippen molar-refractivity contribution >= 4 is 33.8 Å². The molecule has 3 N–H and O–H groups in total. The Kier molecular flexibility index (Phi) is 5.96. The normalized spacial score (nSPS) is 18.8. The first-order chi connectivity index (χ1) is 16.5. The van der Waals surface area contributed by atoms with Gasteiger partial charge in [-0.3, -0.25) is 19.7 Å². The van der Waals surface area contributed by atoms with Crippen LogP contribution in [0.15, 0.2) is 42.5 Å². The maximum absolute atomic E-state index is 13.0. The SMILES string of the molecule is COc1ccc2c(c1)C(=O)N(C[C@@]1(C#Cc3ccc(C(=O)NS(C)(=O)=O)cc3)NC(=O)NC1=O)C2. The lowest BCUT2D eigenvalue weighted by Crippen LogP contribution is -2.54. The number of imide groups is 1. The fraction of sp³-hybridized carbons (Fsp3) is 0.217. The number of nitrogens with one attached hydrogen (secondary N) is 3. The molecule has 1 atom stereocenters. The van der Waals surface area contributed by atoms with Gasteiger partial charge in [0.05, 0.1) is 19.9 Å². The first-order valence-corrected chi connectivity index (χ1v) is 12.1. The number of amides is 5. The minimum absolute atomic E-state index is 0.0958. The van der Waals surface area contributed by atoms with E-state index in [1.165, 1.54) is 36.3 Å². The van der Waals surface area contributed by atoms with Gasteiger partial charge in [0.25, 0.3) is 17.7 Å². The van der Waals surface area contributed by atoms with E-state index < -0.39 is 33.4 Å². The molecule has 2 aromatic carbocycles. The number of sulfonamides is 1. The number of carbonyl (C=O) groups is 4. The Balaban J connectivity index is 1.58. The number of benzene rings is 2. The summed E-state index contributed by atoms with van der Waals surface area (Å²) in [6.07, 6.45) is 0.866. The first-order valence-electron chi connectivity index (χ1n) is 10.2. The van der Waals surface area contributed by atoms with Gasteiger partial charge in [0.1, 0.15) is 5.75 Å². The standard InChI is InChI=1S/C23H20N4O7S/c1-34-17-8-7-16-12-27(20(29)18(16)11-17)13-23(21(30)24-22(31)25-23)10-9-14-3-5-15(6-4-14)19(28)26-35(2,32)33/h3-8,11H,12-13H2,1-2H3,(H,26,28)(H2,24,25,30,31)/t23-/m1/s1. The summed E-state index contributed by atoms with van der Waals surface area (Å²) in [5, 5.41) is 4.68. The maximum Gasteiger partial charge on any atom is 0.323 e. The van der Waals surface area contributed by atoms with Crippen LogP contribution >= 0.6 is 0 Å². The van der Waals surface area contributed by atoms with Crippen LogP contribution in [0.25, 0.3) is 0 Å². The molecule has 180 valence electrons. The minimum Gasteiger partial charge on any atom is -0.497 e. The van der Waals surface area contributed by atoms with Gasteiger partial charge in [-0.15, -0.1) is 0 Å². The summed E-state index contributed by atoms with van der Waals surface area (Å²) in [4.78, 5) is 51.0. The molecule has 0 saturated carbocycles. The van der Waals surface area contributed by atoms with Gasteiger partial charge in [-0.05, 0) is 42.0 Å². The number of carbonyl (C=O) groups excluding carboxylic acids is 4. The lowest BCUT2D eigenvalue weighted by atomic mass is 9.99. The van der Waals surface area contributed by atoms with Crippen molar-refractivity contribution in [1.29, 1.82) is 0 Å². The van der Waals surface area contributed by atoms with Crippen molar-refractivity contribution in [2.75, 3.05) is 19.9 Å². The summed E-state index contributed by atoms with van der Waals surface area (Å²) in [5.41, 5.74) is 0.00536. The molecule has 2 aliphatic rings. The molecule has 1 saturated heterocycles. The number of rotatable bonds is 5. The molecular formula is C23H20N4O7S. The maximum atomic E-state index is 13.0. The van der Waals surface area contributed by atoms with Crippen LogP contribution < -0.4 is 20.1 Å². The zero-order chi connectivity index (χ0) is 25.4. The predicted octanol–water partition coefficient (Wildman–Crippen LogP) is -0.0297. The highest BCUT2D eigenvalue weighted by Gasteiger charge is 2.48. The lowest BCUT2D eigenvalue weighted by Gasteiger charge is -2.26. The molecule has 2 aromatic rings. The topological polar surface area (TPSA) is 151 Å². The Bertz CT molecular complexity index is 1420. The van der Waals surface area contributed by atoms with Crippen molar-refractivity contribution in [2.45, 2.75) is 12.1 Å². The van der Waals surface area contributed by atoms with E-state index in [-0.39, 0.29) is 24.6 Å². The van der Waals surface area contributed by atoms with Gasteiger partial charge >= 0.3 is 6.03 Å². The molecule has 0 spiro atoms. The Morgan fingerprint density at radius 3 is 2.49 bits per heavy atom. The fourth-order valence-electron chi connectivity index (χ4n) is 3.72. The van der Waals surface area contributed by atoms with E-state index >= 15 is 0 Å². The number of hydrogen-bond acceptors (Lipinski definition) is 7. The number of hydrogen-bond donors (Lipinski definition) is 3. The smallest absolute Gasteiger partial charge is 0.323 e. The molecule has 35 heavy (non-hydrogen) atoms. The predicted molar refractivity (Wildman–Crippen MR) is 123 cm³/mol. The van der Waals surface area contributed by atoms with Gasteiger partial charge in [-0.2, -0.15) is 0 Å². The summed E-state index contributed by atoms with van der Waals surface area (Å²) in [6.45, 7) is 0.0388. The molecule has 1 fully saturated rings. The van der Waals surface area contributed by atoms with E-state index in [9.17, 15) is 27.6 Å². The summed E-state index contributed by atoms with van der Waals surface area (Å²) in [5.74, 6) is 4.26. The molecule has 12 heteroatoms. The number of ether oxygens (including phenoxy) is 1. The number of nitrogens with zero attached hydrogens (tertiary/aromatic N) is 1. The Hall–Kier alpha value is -4.37. The first kappa shape index (κ1) is 23.8. The van der Waals surface area contributed by atoms with E-state index in [1.807, 2.05) is 4.72 Å². The summed E-state index contributed by atoms with van der Waals surface area (Å²) < 4.78 is 29.5. The molecule has 11 nitrogen and oxygen atoms in total. The van der Waals surface area contributed by atoms with Gasteiger partial charge in [-0.1, -0.05) is 17.9 Å². The summed E-state index contributed by atoms with van der Waals surface area (Å²) in [6, 6.07) is 10.1. The molecule has 2 heterocycles. The van der Waals surface area contributed by atoms with Gasteiger partial charge in [-0.25, -0.2) is 17.9 Å². The molecule has 2 aliphatic heterocycles. The third-order valence-corrected chi connectivity index (χ3v) is 5.97. The van der Waals surface area contributed by atoms with Gasteiger partial charge in [0.2, 0.25) is 15.6 Å². The summed E-state index contributed by atoms with van der Waals surface area (Å²) in [7, 11) is -2.22. The van der Waals surface area contributed by atoms with Crippen molar-refractivity contribution in [3.05, 3.63) is 64.7 Å². The largest absolute Gasteiger partial charge is 0.497 e. The third-order valence-electron chi connectivity index (χ3n) is 5.41. The Morgan fingerprint density at radius 1 is 1.17 bits per heavy atom. The van der Waals surface area contributed by atoms with Crippen LogP contribution in [0.5, 0.6) is 5.75 Å². The molecule has 0 aliphatic carbocycles. The minimum atomic E-state index is -3.71. The van der Waals surface area contributed by atoms with Crippen molar-refractivity contribution in [1.82, 2.24) is 20.3 Å². The second kappa shape index (κ2) is 8.77. The molecule has 0 unspecified atom stereocenters.